The zero-order valence-electron chi connectivity index (χ0n) is 12.4. The van der Waals surface area contributed by atoms with Crippen LogP contribution >= 0.6 is 0 Å². The third-order valence-corrected chi connectivity index (χ3v) is 3.38. The maximum Gasteiger partial charge on any atom is 0.123 e. The van der Waals surface area contributed by atoms with Crippen molar-refractivity contribution in [1.29, 1.82) is 5.41 Å². The van der Waals surface area contributed by atoms with Crippen LogP contribution in [0.3, 0.4) is 0 Å². The molecule has 0 fully saturated rings. The van der Waals surface area contributed by atoms with E-state index in [-0.39, 0.29) is 11.7 Å². The highest BCUT2D eigenvalue weighted by molar-refractivity contribution is 5.96. The van der Waals surface area contributed by atoms with Gasteiger partial charge in [-0.1, -0.05) is 35.9 Å². The standard InChI is InChI=1S/C17H20FN3/c1-12-3-5-13(6-4-12)10-21(2)11-14-7-8-15(18)9-16(14)17(19)20/h3-9H,10-11H2,1-2H3,(H3,19,20). The van der Waals surface area contributed by atoms with Crippen LogP contribution in [0.25, 0.3) is 0 Å². The van der Waals surface area contributed by atoms with E-state index in [0.717, 1.165) is 12.1 Å². The summed E-state index contributed by atoms with van der Waals surface area (Å²) in [6, 6.07) is 12.8. The molecule has 0 aliphatic carbocycles. The fourth-order valence-electron chi connectivity index (χ4n) is 2.29. The number of hydrogen-bond donors (Lipinski definition) is 2. The molecule has 21 heavy (non-hydrogen) atoms. The fraction of sp³-hybridized carbons (Fsp3) is 0.235. The molecule has 4 heteroatoms. The van der Waals surface area contributed by atoms with E-state index in [9.17, 15) is 4.39 Å². The normalized spacial score (nSPS) is 10.9. The van der Waals surface area contributed by atoms with Crippen LogP contribution in [-0.2, 0) is 13.1 Å². The SMILES string of the molecule is Cc1ccc(CN(C)Cc2ccc(F)cc2C(=N)N)cc1. The maximum atomic E-state index is 13.3. The first-order chi connectivity index (χ1) is 9.95. The molecule has 3 nitrogen and oxygen atoms in total. The van der Waals surface area contributed by atoms with Gasteiger partial charge < -0.3 is 5.73 Å². The van der Waals surface area contributed by atoms with Gasteiger partial charge in [0.25, 0.3) is 0 Å². The zero-order valence-corrected chi connectivity index (χ0v) is 12.4. The Morgan fingerprint density at radius 2 is 1.81 bits per heavy atom. The topological polar surface area (TPSA) is 53.1 Å². The predicted octanol–water partition coefficient (Wildman–Crippen LogP) is 3.05. The largest absolute Gasteiger partial charge is 0.384 e. The monoisotopic (exact) mass is 285 g/mol. The number of nitrogens with zero attached hydrogens (tertiary/aromatic N) is 1. The van der Waals surface area contributed by atoms with Crippen molar-refractivity contribution >= 4 is 5.84 Å². The highest BCUT2D eigenvalue weighted by Gasteiger charge is 2.10. The van der Waals surface area contributed by atoms with E-state index in [1.807, 2.05) is 7.05 Å². The van der Waals surface area contributed by atoms with Crippen molar-refractivity contribution in [1.82, 2.24) is 4.90 Å². The average Bonchev–Trinajstić information content (AvgIpc) is 2.43. The molecule has 0 radical (unpaired) electrons. The Morgan fingerprint density at radius 1 is 1.14 bits per heavy atom. The highest BCUT2D eigenvalue weighted by Crippen LogP contribution is 2.15. The highest BCUT2D eigenvalue weighted by atomic mass is 19.1. The second kappa shape index (κ2) is 6.50. The lowest BCUT2D eigenvalue weighted by molar-refractivity contribution is 0.318. The van der Waals surface area contributed by atoms with E-state index >= 15 is 0 Å². The van der Waals surface area contributed by atoms with Gasteiger partial charge in [0.2, 0.25) is 0 Å². The van der Waals surface area contributed by atoms with Crippen LogP contribution in [0.2, 0.25) is 0 Å². The summed E-state index contributed by atoms with van der Waals surface area (Å²) in [5.41, 5.74) is 9.30. The molecule has 0 bridgehead atoms. The summed E-state index contributed by atoms with van der Waals surface area (Å²) in [5.74, 6) is -0.474. The molecule has 2 aromatic rings. The summed E-state index contributed by atoms with van der Waals surface area (Å²) in [4.78, 5) is 2.12. The summed E-state index contributed by atoms with van der Waals surface area (Å²) >= 11 is 0. The fourth-order valence-corrected chi connectivity index (χ4v) is 2.29. The Hall–Kier alpha value is -2.20. The number of halogens is 1. The van der Waals surface area contributed by atoms with E-state index < -0.39 is 0 Å². The molecule has 0 saturated carbocycles. The minimum Gasteiger partial charge on any atom is -0.384 e. The maximum absolute atomic E-state index is 13.3. The third kappa shape index (κ3) is 4.13. The molecular formula is C17H20FN3. The van der Waals surface area contributed by atoms with E-state index in [1.54, 1.807) is 6.07 Å². The number of benzene rings is 2. The predicted molar refractivity (Wildman–Crippen MR) is 83.8 cm³/mol. The Labute approximate surface area is 124 Å². The number of nitrogens with one attached hydrogen (secondary N) is 1. The van der Waals surface area contributed by atoms with Crippen LogP contribution in [0.4, 0.5) is 4.39 Å². The second-order valence-corrected chi connectivity index (χ2v) is 5.37. The van der Waals surface area contributed by atoms with Crippen molar-refractivity contribution in [2.75, 3.05) is 7.05 Å². The minimum absolute atomic E-state index is 0.103. The Kier molecular flexibility index (Phi) is 4.70. The van der Waals surface area contributed by atoms with E-state index in [0.29, 0.717) is 12.1 Å². The smallest absolute Gasteiger partial charge is 0.123 e. The lowest BCUT2D eigenvalue weighted by atomic mass is 10.1. The molecule has 0 saturated heterocycles. The summed E-state index contributed by atoms with van der Waals surface area (Å²) < 4.78 is 13.3. The molecular weight excluding hydrogens is 265 g/mol. The van der Waals surface area contributed by atoms with Gasteiger partial charge in [-0.25, -0.2) is 4.39 Å². The van der Waals surface area contributed by atoms with Crippen LogP contribution in [0.1, 0.15) is 22.3 Å². The Balaban J connectivity index is 2.10. The van der Waals surface area contributed by atoms with Crippen LogP contribution < -0.4 is 5.73 Å². The molecule has 2 rings (SSSR count). The number of aryl methyl sites for hydroxylation is 1. The second-order valence-electron chi connectivity index (χ2n) is 5.37. The summed E-state index contributed by atoms with van der Waals surface area (Å²) in [6.07, 6.45) is 0. The van der Waals surface area contributed by atoms with Gasteiger partial charge in [-0.2, -0.15) is 0 Å². The number of nitrogen functional groups attached to an aromatic ring is 1. The lowest BCUT2D eigenvalue weighted by Gasteiger charge is -2.19. The third-order valence-electron chi connectivity index (χ3n) is 3.38. The lowest BCUT2D eigenvalue weighted by Crippen LogP contribution is -2.21. The molecule has 0 aliphatic heterocycles. The van der Waals surface area contributed by atoms with Crippen molar-refractivity contribution in [3.8, 4) is 0 Å². The number of amidine groups is 1. The van der Waals surface area contributed by atoms with Gasteiger partial charge >= 0.3 is 0 Å². The first-order valence-corrected chi connectivity index (χ1v) is 6.82. The van der Waals surface area contributed by atoms with Gasteiger partial charge in [0.15, 0.2) is 0 Å². The van der Waals surface area contributed by atoms with Crippen LogP contribution in [0.5, 0.6) is 0 Å². The summed E-state index contributed by atoms with van der Waals surface area (Å²) in [5, 5.41) is 7.55. The van der Waals surface area contributed by atoms with Gasteiger partial charge in [-0.3, -0.25) is 10.3 Å². The Bertz CT molecular complexity index is 635. The molecule has 0 heterocycles. The van der Waals surface area contributed by atoms with Crippen molar-refractivity contribution in [3.05, 3.63) is 70.5 Å². The van der Waals surface area contributed by atoms with Crippen molar-refractivity contribution < 1.29 is 4.39 Å². The molecule has 110 valence electrons. The van der Waals surface area contributed by atoms with Gasteiger partial charge in [0, 0.05) is 18.7 Å². The number of rotatable bonds is 5. The van der Waals surface area contributed by atoms with Crippen LogP contribution in [-0.4, -0.2) is 17.8 Å². The summed E-state index contributed by atoms with van der Waals surface area (Å²) in [6.45, 7) is 3.46. The number of hydrogen-bond acceptors (Lipinski definition) is 2. The van der Waals surface area contributed by atoms with Gasteiger partial charge in [-0.15, -0.1) is 0 Å². The van der Waals surface area contributed by atoms with Crippen LogP contribution in [0, 0.1) is 18.2 Å². The molecule has 0 spiro atoms. The molecule has 0 atom stereocenters. The molecule has 0 amide bonds. The number of nitrogens with two attached hydrogens (primary N) is 1. The Morgan fingerprint density at radius 3 is 2.43 bits per heavy atom. The first kappa shape index (κ1) is 15.2. The molecule has 0 aliphatic rings. The zero-order chi connectivity index (χ0) is 15.4. The molecule has 3 N–H and O–H groups in total. The molecule has 0 unspecified atom stereocenters. The van der Waals surface area contributed by atoms with E-state index in [2.05, 4.69) is 36.1 Å². The molecule has 2 aromatic carbocycles. The van der Waals surface area contributed by atoms with Crippen molar-refractivity contribution in [3.63, 3.8) is 0 Å². The van der Waals surface area contributed by atoms with Crippen molar-refractivity contribution in [2.24, 2.45) is 5.73 Å². The molecule has 0 aromatic heterocycles. The van der Waals surface area contributed by atoms with Gasteiger partial charge in [0.05, 0.1) is 0 Å². The van der Waals surface area contributed by atoms with E-state index in [1.165, 1.54) is 23.3 Å². The summed E-state index contributed by atoms with van der Waals surface area (Å²) in [7, 11) is 1.99. The van der Waals surface area contributed by atoms with Crippen LogP contribution in [0.15, 0.2) is 42.5 Å². The minimum atomic E-state index is -0.370. The van der Waals surface area contributed by atoms with Gasteiger partial charge in [0.1, 0.15) is 11.7 Å². The quantitative estimate of drug-likeness (QED) is 0.655. The van der Waals surface area contributed by atoms with E-state index in [4.69, 9.17) is 11.1 Å². The van der Waals surface area contributed by atoms with Gasteiger partial charge in [-0.05, 0) is 37.2 Å². The first-order valence-electron chi connectivity index (χ1n) is 6.82. The van der Waals surface area contributed by atoms with Crippen molar-refractivity contribution in [2.45, 2.75) is 20.0 Å². The average molecular weight is 285 g/mol.